The summed E-state index contributed by atoms with van der Waals surface area (Å²) in [5.41, 5.74) is 7.13. The molecule has 1 heterocycles. The third-order valence-electron chi connectivity index (χ3n) is 1.02. The molecule has 0 aliphatic carbocycles. The summed E-state index contributed by atoms with van der Waals surface area (Å²) in [6.45, 7) is 1.92. The first-order chi connectivity index (χ1) is 4.20. The Labute approximate surface area is 62.2 Å². The van der Waals surface area contributed by atoms with Crippen molar-refractivity contribution in [3.8, 4) is 0 Å². The molecule has 0 aliphatic heterocycles. The fourth-order valence-electron chi connectivity index (χ4n) is 0.536. The van der Waals surface area contributed by atoms with Crippen LogP contribution in [0.15, 0.2) is 16.7 Å². The Morgan fingerprint density at radius 2 is 2.22 bits per heavy atom. The topological polar surface area (TPSA) is 38.9 Å². The predicted molar refractivity (Wildman–Crippen MR) is 41.1 cm³/mol. The van der Waals surface area contributed by atoms with Crippen molar-refractivity contribution in [1.82, 2.24) is 4.98 Å². The van der Waals surface area contributed by atoms with Crippen LogP contribution in [0.4, 0.5) is 5.69 Å². The van der Waals surface area contributed by atoms with Gasteiger partial charge in [0.15, 0.2) is 0 Å². The molecule has 2 nitrogen and oxygen atoms in total. The van der Waals surface area contributed by atoms with Crippen LogP contribution in [0.1, 0.15) is 5.69 Å². The van der Waals surface area contributed by atoms with Crippen molar-refractivity contribution in [3.05, 3.63) is 22.4 Å². The fraction of sp³-hybridized carbons (Fsp3) is 0.167. The minimum Gasteiger partial charge on any atom is -0.397 e. The molecular weight excluding hydrogens is 180 g/mol. The van der Waals surface area contributed by atoms with E-state index in [1.165, 1.54) is 0 Å². The summed E-state index contributed by atoms with van der Waals surface area (Å²) in [7, 11) is 0. The van der Waals surface area contributed by atoms with E-state index >= 15 is 0 Å². The van der Waals surface area contributed by atoms with Crippen LogP contribution in [0, 0.1) is 6.92 Å². The third-order valence-corrected chi connectivity index (χ3v) is 1.65. The van der Waals surface area contributed by atoms with Gasteiger partial charge in [-0.15, -0.1) is 0 Å². The molecule has 3 heteroatoms. The molecular formula is C6H7BrN2. The molecule has 0 saturated carbocycles. The van der Waals surface area contributed by atoms with E-state index in [1.54, 1.807) is 0 Å². The van der Waals surface area contributed by atoms with Crippen LogP contribution in [0.2, 0.25) is 0 Å². The number of aromatic nitrogens is 1. The number of hydrogen-bond donors (Lipinski definition) is 1. The van der Waals surface area contributed by atoms with E-state index in [0.29, 0.717) is 5.69 Å². The molecule has 48 valence electrons. The number of nitrogens with zero attached hydrogens (tertiary/aromatic N) is 1. The normalized spacial score (nSPS) is 9.56. The number of halogens is 1. The lowest BCUT2D eigenvalue weighted by Gasteiger charge is -1.95. The Hall–Kier alpha value is -0.570. The highest BCUT2D eigenvalue weighted by Crippen LogP contribution is 2.15. The van der Waals surface area contributed by atoms with Gasteiger partial charge in [0.2, 0.25) is 0 Å². The fourth-order valence-corrected chi connectivity index (χ4v) is 0.948. The molecule has 0 aliphatic rings. The highest BCUT2D eigenvalue weighted by Gasteiger charge is 1.93. The van der Waals surface area contributed by atoms with Crippen molar-refractivity contribution in [2.24, 2.45) is 0 Å². The van der Waals surface area contributed by atoms with Gasteiger partial charge in [-0.05, 0) is 35.0 Å². The van der Waals surface area contributed by atoms with Crippen LogP contribution in [-0.2, 0) is 0 Å². The molecule has 1 rings (SSSR count). The predicted octanol–water partition coefficient (Wildman–Crippen LogP) is 1.73. The Kier molecular flexibility index (Phi) is 1.71. The second-order valence-corrected chi connectivity index (χ2v) is 2.58. The summed E-state index contributed by atoms with van der Waals surface area (Å²) in [5.74, 6) is 0. The Bertz CT molecular complexity index is 222. The molecule has 0 saturated heterocycles. The zero-order valence-corrected chi connectivity index (χ0v) is 6.64. The first-order valence-corrected chi connectivity index (χ1v) is 3.38. The summed E-state index contributed by atoms with van der Waals surface area (Å²) in [6.07, 6.45) is 0. The maximum Gasteiger partial charge on any atom is 0.129 e. The van der Waals surface area contributed by atoms with Crippen molar-refractivity contribution in [2.75, 3.05) is 5.73 Å². The standard InChI is InChI=1S/C6H7BrN2/c1-4-2-3-5(8)6(7)9-4/h2-3H,8H2,1H3. The number of anilines is 1. The van der Waals surface area contributed by atoms with Crippen molar-refractivity contribution < 1.29 is 0 Å². The van der Waals surface area contributed by atoms with E-state index in [4.69, 9.17) is 5.73 Å². The molecule has 2 N–H and O–H groups in total. The monoisotopic (exact) mass is 186 g/mol. The zero-order valence-electron chi connectivity index (χ0n) is 5.06. The van der Waals surface area contributed by atoms with Crippen LogP contribution >= 0.6 is 15.9 Å². The summed E-state index contributed by atoms with van der Waals surface area (Å²) >= 11 is 3.21. The largest absolute Gasteiger partial charge is 0.397 e. The summed E-state index contributed by atoms with van der Waals surface area (Å²) in [4.78, 5) is 4.06. The lowest BCUT2D eigenvalue weighted by Crippen LogP contribution is -1.89. The number of nitrogen functional groups attached to an aromatic ring is 1. The first-order valence-electron chi connectivity index (χ1n) is 2.59. The van der Waals surface area contributed by atoms with Gasteiger partial charge in [0.25, 0.3) is 0 Å². The maximum atomic E-state index is 5.48. The lowest BCUT2D eigenvalue weighted by molar-refractivity contribution is 1.17. The zero-order chi connectivity index (χ0) is 6.85. The van der Waals surface area contributed by atoms with Crippen LogP contribution in [0.25, 0.3) is 0 Å². The number of rotatable bonds is 0. The van der Waals surface area contributed by atoms with Crippen molar-refractivity contribution >= 4 is 21.6 Å². The van der Waals surface area contributed by atoms with Gasteiger partial charge in [0.1, 0.15) is 4.60 Å². The van der Waals surface area contributed by atoms with Gasteiger partial charge in [-0.2, -0.15) is 0 Å². The van der Waals surface area contributed by atoms with Crippen molar-refractivity contribution in [1.29, 1.82) is 0 Å². The molecule has 0 fully saturated rings. The van der Waals surface area contributed by atoms with Gasteiger partial charge in [0.05, 0.1) is 5.69 Å². The minimum atomic E-state index is 0.681. The number of hydrogen-bond acceptors (Lipinski definition) is 2. The maximum absolute atomic E-state index is 5.48. The number of nitrogens with two attached hydrogens (primary N) is 1. The number of aryl methyl sites for hydroxylation is 1. The first kappa shape index (κ1) is 6.55. The van der Waals surface area contributed by atoms with Crippen LogP contribution in [-0.4, -0.2) is 4.98 Å². The Morgan fingerprint density at radius 1 is 1.56 bits per heavy atom. The molecule has 0 amide bonds. The quantitative estimate of drug-likeness (QED) is 0.628. The molecule has 0 aromatic carbocycles. The van der Waals surface area contributed by atoms with Gasteiger partial charge in [-0.25, -0.2) is 4.98 Å². The molecule has 1 aromatic heterocycles. The van der Waals surface area contributed by atoms with Crippen LogP contribution in [0.5, 0.6) is 0 Å². The lowest BCUT2D eigenvalue weighted by atomic mass is 10.4. The highest BCUT2D eigenvalue weighted by atomic mass is 79.9. The molecule has 0 bridgehead atoms. The smallest absolute Gasteiger partial charge is 0.129 e. The molecule has 0 unspecified atom stereocenters. The van der Waals surface area contributed by atoms with Crippen LogP contribution < -0.4 is 5.73 Å². The third kappa shape index (κ3) is 1.42. The molecule has 0 spiro atoms. The average molecular weight is 187 g/mol. The minimum absolute atomic E-state index is 0.681. The molecule has 9 heavy (non-hydrogen) atoms. The highest BCUT2D eigenvalue weighted by molar-refractivity contribution is 9.10. The van der Waals surface area contributed by atoms with E-state index in [0.717, 1.165) is 10.3 Å². The Balaban J connectivity index is 3.17. The van der Waals surface area contributed by atoms with Gasteiger partial charge in [-0.3, -0.25) is 0 Å². The molecule has 1 aromatic rings. The summed E-state index contributed by atoms with van der Waals surface area (Å²) in [6, 6.07) is 3.70. The van der Waals surface area contributed by atoms with Crippen molar-refractivity contribution in [3.63, 3.8) is 0 Å². The second-order valence-electron chi connectivity index (χ2n) is 1.83. The van der Waals surface area contributed by atoms with E-state index in [9.17, 15) is 0 Å². The summed E-state index contributed by atoms with van der Waals surface area (Å²) in [5, 5.41) is 0. The van der Waals surface area contributed by atoms with Crippen LogP contribution in [0.3, 0.4) is 0 Å². The second kappa shape index (κ2) is 2.35. The number of pyridine rings is 1. The summed E-state index contributed by atoms with van der Waals surface area (Å²) < 4.78 is 0.725. The van der Waals surface area contributed by atoms with E-state index in [1.807, 2.05) is 19.1 Å². The average Bonchev–Trinajstić information content (AvgIpc) is 1.80. The Morgan fingerprint density at radius 3 is 2.67 bits per heavy atom. The van der Waals surface area contributed by atoms with Gasteiger partial charge in [-0.1, -0.05) is 0 Å². The molecule has 0 atom stereocenters. The van der Waals surface area contributed by atoms with E-state index in [-0.39, 0.29) is 0 Å². The van der Waals surface area contributed by atoms with E-state index in [2.05, 4.69) is 20.9 Å². The van der Waals surface area contributed by atoms with E-state index < -0.39 is 0 Å². The van der Waals surface area contributed by atoms with Gasteiger partial charge < -0.3 is 5.73 Å². The van der Waals surface area contributed by atoms with Gasteiger partial charge >= 0.3 is 0 Å². The van der Waals surface area contributed by atoms with Gasteiger partial charge in [0, 0.05) is 5.69 Å². The van der Waals surface area contributed by atoms with Crippen molar-refractivity contribution in [2.45, 2.75) is 6.92 Å². The SMILES string of the molecule is Cc1ccc(N)c(Br)n1. The molecule has 0 radical (unpaired) electrons.